The van der Waals surface area contributed by atoms with Crippen LogP contribution in [0.15, 0.2) is 42.5 Å². The summed E-state index contributed by atoms with van der Waals surface area (Å²) in [5.41, 5.74) is 0.875. The van der Waals surface area contributed by atoms with Crippen LogP contribution in [0.1, 0.15) is 32.8 Å². The van der Waals surface area contributed by atoms with Crippen LogP contribution in [0.2, 0.25) is 5.02 Å². The van der Waals surface area contributed by atoms with E-state index in [-0.39, 0.29) is 29.9 Å². The van der Waals surface area contributed by atoms with Crippen LogP contribution in [-0.4, -0.2) is 64.2 Å². The first kappa shape index (κ1) is 29.3. The molecule has 2 aromatic carbocycles. The summed E-state index contributed by atoms with van der Waals surface area (Å²) in [7, 11) is -1.03. The molecule has 1 N–H and O–H groups in total. The zero-order chi connectivity index (χ0) is 27.0. The van der Waals surface area contributed by atoms with Gasteiger partial charge in [0.15, 0.2) is 0 Å². The van der Waals surface area contributed by atoms with E-state index in [1.54, 1.807) is 37.3 Å². The predicted octanol–water partition coefficient (Wildman–Crippen LogP) is 3.46. The van der Waals surface area contributed by atoms with Gasteiger partial charge in [-0.05, 0) is 50.1 Å². The molecule has 2 atom stereocenters. The second kappa shape index (κ2) is 12.8. The first-order chi connectivity index (χ1) is 16.9. The molecule has 2 aromatic rings. The molecular formula is C25H34ClN3O6S. The van der Waals surface area contributed by atoms with Gasteiger partial charge in [0, 0.05) is 23.7 Å². The summed E-state index contributed by atoms with van der Waals surface area (Å²) in [6.07, 6.45) is 1.73. The molecule has 0 aromatic heterocycles. The SMILES string of the molecule is CCC(C)NC(=O)C(C)N(Cc1cccc(Cl)c1)C(=O)CN(c1ccc(OC)cc1OC)S(C)(=O)=O. The van der Waals surface area contributed by atoms with Gasteiger partial charge in [-0.25, -0.2) is 8.42 Å². The van der Waals surface area contributed by atoms with E-state index in [4.69, 9.17) is 21.1 Å². The number of rotatable bonds is 12. The highest BCUT2D eigenvalue weighted by Gasteiger charge is 2.31. The van der Waals surface area contributed by atoms with Crippen molar-refractivity contribution in [3.8, 4) is 11.5 Å². The molecule has 36 heavy (non-hydrogen) atoms. The number of halogens is 1. The summed E-state index contributed by atoms with van der Waals surface area (Å²) in [6.45, 7) is 4.94. The molecular weight excluding hydrogens is 506 g/mol. The van der Waals surface area contributed by atoms with Crippen molar-refractivity contribution in [2.24, 2.45) is 0 Å². The first-order valence-corrected chi connectivity index (χ1v) is 13.7. The molecule has 2 unspecified atom stereocenters. The lowest BCUT2D eigenvalue weighted by molar-refractivity contribution is -0.139. The van der Waals surface area contributed by atoms with Gasteiger partial charge in [0.1, 0.15) is 24.1 Å². The van der Waals surface area contributed by atoms with Crippen LogP contribution in [0, 0.1) is 0 Å². The van der Waals surface area contributed by atoms with E-state index < -0.39 is 28.5 Å². The Hall–Kier alpha value is -2.98. The minimum atomic E-state index is -3.90. The monoisotopic (exact) mass is 539 g/mol. The van der Waals surface area contributed by atoms with Crippen LogP contribution in [0.4, 0.5) is 5.69 Å². The van der Waals surface area contributed by atoms with E-state index in [0.717, 1.165) is 17.0 Å². The van der Waals surface area contributed by atoms with Crippen molar-refractivity contribution in [2.75, 3.05) is 31.3 Å². The van der Waals surface area contributed by atoms with Gasteiger partial charge in [-0.3, -0.25) is 13.9 Å². The molecule has 198 valence electrons. The fourth-order valence-corrected chi connectivity index (χ4v) is 4.53. The minimum absolute atomic E-state index is 0.0613. The van der Waals surface area contributed by atoms with Crippen molar-refractivity contribution >= 4 is 39.1 Å². The highest BCUT2D eigenvalue weighted by Crippen LogP contribution is 2.33. The Labute approximate surface area is 218 Å². The van der Waals surface area contributed by atoms with Gasteiger partial charge in [-0.15, -0.1) is 0 Å². The Balaban J connectivity index is 2.46. The van der Waals surface area contributed by atoms with Crippen molar-refractivity contribution in [3.63, 3.8) is 0 Å². The van der Waals surface area contributed by atoms with E-state index in [9.17, 15) is 18.0 Å². The van der Waals surface area contributed by atoms with Gasteiger partial charge >= 0.3 is 0 Å². The molecule has 9 nitrogen and oxygen atoms in total. The molecule has 0 spiro atoms. The van der Waals surface area contributed by atoms with Gasteiger partial charge in [-0.2, -0.15) is 0 Å². The first-order valence-electron chi connectivity index (χ1n) is 11.4. The van der Waals surface area contributed by atoms with Crippen molar-refractivity contribution < 1.29 is 27.5 Å². The highest BCUT2D eigenvalue weighted by atomic mass is 35.5. The maximum atomic E-state index is 13.6. The Bertz CT molecular complexity index is 1170. The maximum Gasteiger partial charge on any atom is 0.244 e. The van der Waals surface area contributed by atoms with Gasteiger partial charge in [0.2, 0.25) is 21.8 Å². The molecule has 11 heteroatoms. The van der Waals surface area contributed by atoms with Crippen molar-refractivity contribution in [1.82, 2.24) is 10.2 Å². The molecule has 0 bridgehead atoms. The van der Waals surface area contributed by atoms with Gasteiger partial charge in [0.25, 0.3) is 0 Å². The number of anilines is 1. The summed E-state index contributed by atoms with van der Waals surface area (Å²) in [6, 6.07) is 10.6. The van der Waals surface area contributed by atoms with Gasteiger partial charge < -0.3 is 19.7 Å². The second-order valence-corrected chi connectivity index (χ2v) is 10.8. The normalized spacial score (nSPS) is 12.9. The van der Waals surface area contributed by atoms with Crippen molar-refractivity contribution in [3.05, 3.63) is 53.1 Å². The summed E-state index contributed by atoms with van der Waals surface area (Å²) < 4.78 is 37.1. The number of sulfonamides is 1. The van der Waals surface area contributed by atoms with Crippen LogP contribution in [0.5, 0.6) is 11.5 Å². The number of carbonyl (C=O) groups is 2. The third kappa shape index (κ3) is 7.76. The van der Waals surface area contributed by atoms with Gasteiger partial charge in [-0.1, -0.05) is 30.7 Å². The quantitative estimate of drug-likeness (QED) is 0.443. The maximum absolute atomic E-state index is 13.6. The van der Waals surface area contributed by atoms with Crippen LogP contribution < -0.4 is 19.1 Å². The van der Waals surface area contributed by atoms with E-state index in [2.05, 4.69) is 5.32 Å². The Morgan fingerprint density at radius 1 is 1.08 bits per heavy atom. The van der Waals surface area contributed by atoms with E-state index in [1.165, 1.54) is 31.3 Å². The molecule has 0 fully saturated rings. The fourth-order valence-electron chi connectivity index (χ4n) is 3.47. The standard InChI is InChI=1S/C25H34ClN3O6S/c1-7-17(2)27-25(31)18(3)28(15-19-9-8-10-20(26)13-19)24(30)16-29(36(6,32)33)22-12-11-21(34-4)14-23(22)35-5/h8-14,17-18H,7,15-16H2,1-6H3,(H,27,31). The third-order valence-electron chi connectivity index (χ3n) is 5.75. The van der Waals surface area contributed by atoms with Crippen LogP contribution in [-0.2, 0) is 26.2 Å². The zero-order valence-electron chi connectivity index (χ0n) is 21.4. The number of hydrogen-bond acceptors (Lipinski definition) is 6. The number of carbonyl (C=O) groups excluding carboxylic acids is 2. The zero-order valence-corrected chi connectivity index (χ0v) is 23.0. The number of nitrogens with zero attached hydrogens (tertiary/aromatic N) is 2. The smallest absolute Gasteiger partial charge is 0.244 e. The molecule has 0 radical (unpaired) electrons. The Morgan fingerprint density at radius 3 is 2.33 bits per heavy atom. The lowest BCUT2D eigenvalue weighted by atomic mass is 10.1. The number of methoxy groups -OCH3 is 2. The predicted molar refractivity (Wildman–Crippen MR) is 141 cm³/mol. The Morgan fingerprint density at radius 2 is 1.78 bits per heavy atom. The number of nitrogens with one attached hydrogen (secondary N) is 1. The van der Waals surface area contributed by atoms with Crippen LogP contribution in [0.25, 0.3) is 0 Å². The fraction of sp³-hybridized carbons (Fsp3) is 0.440. The average molecular weight is 540 g/mol. The average Bonchev–Trinajstić information content (AvgIpc) is 2.84. The van der Waals surface area contributed by atoms with E-state index in [1.807, 2.05) is 13.8 Å². The molecule has 0 aliphatic heterocycles. The van der Waals surface area contributed by atoms with Crippen molar-refractivity contribution in [2.45, 2.75) is 45.8 Å². The number of amides is 2. The summed E-state index contributed by atoms with van der Waals surface area (Å²) in [5, 5.41) is 3.37. The lowest BCUT2D eigenvalue weighted by Gasteiger charge is -2.32. The summed E-state index contributed by atoms with van der Waals surface area (Å²) >= 11 is 6.13. The number of benzene rings is 2. The molecule has 0 saturated carbocycles. The molecule has 0 aliphatic carbocycles. The van der Waals surface area contributed by atoms with E-state index in [0.29, 0.717) is 16.3 Å². The largest absolute Gasteiger partial charge is 0.497 e. The number of hydrogen-bond donors (Lipinski definition) is 1. The lowest BCUT2D eigenvalue weighted by Crippen LogP contribution is -2.52. The topological polar surface area (TPSA) is 105 Å². The summed E-state index contributed by atoms with van der Waals surface area (Å²) in [5.74, 6) is -0.220. The molecule has 0 aliphatic rings. The van der Waals surface area contributed by atoms with Gasteiger partial charge in [0.05, 0.1) is 26.2 Å². The third-order valence-corrected chi connectivity index (χ3v) is 7.11. The van der Waals surface area contributed by atoms with Crippen molar-refractivity contribution in [1.29, 1.82) is 0 Å². The number of ether oxygens (including phenoxy) is 2. The highest BCUT2D eigenvalue weighted by molar-refractivity contribution is 7.92. The summed E-state index contributed by atoms with van der Waals surface area (Å²) in [4.78, 5) is 27.9. The molecule has 2 rings (SSSR count). The van der Waals surface area contributed by atoms with Crippen LogP contribution >= 0.6 is 11.6 Å². The second-order valence-electron chi connectivity index (χ2n) is 8.45. The molecule has 2 amide bonds. The Kier molecular flexibility index (Phi) is 10.4. The molecule has 0 heterocycles. The van der Waals surface area contributed by atoms with E-state index >= 15 is 0 Å². The van der Waals surface area contributed by atoms with Crippen LogP contribution in [0.3, 0.4) is 0 Å². The molecule has 0 saturated heterocycles. The minimum Gasteiger partial charge on any atom is -0.497 e.